The molecule has 0 aromatic heterocycles. The van der Waals surface area contributed by atoms with Crippen LogP contribution in [0, 0.1) is 0 Å². The molecule has 0 heterocycles. The Morgan fingerprint density at radius 2 is 1.75 bits per heavy atom. The third-order valence-corrected chi connectivity index (χ3v) is 2.47. The molecule has 2 N–H and O–H groups in total. The first-order valence-corrected chi connectivity index (χ1v) is 6.32. The Morgan fingerprint density at radius 3 is 2.40 bits per heavy atom. The summed E-state index contributed by atoms with van der Waals surface area (Å²) < 4.78 is 14.8. The Labute approximate surface area is 117 Å². The lowest BCUT2D eigenvalue weighted by atomic mass is 10.3. The van der Waals surface area contributed by atoms with Crippen molar-refractivity contribution in [2.75, 3.05) is 26.1 Å². The summed E-state index contributed by atoms with van der Waals surface area (Å²) in [6.07, 6.45) is 0.853. The van der Waals surface area contributed by atoms with Gasteiger partial charge in [-0.25, -0.2) is 0 Å². The molecule has 0 bridgehead atoms. The van der Waals surface area contributed by atoms with Crippen molar-refractivity contribution in [3.05, 3.63) is 24.3 Å². The van der Waals surface area contributed by atoms with Crippen LogP contribution in [0.25, 0.3) is 0 Å². The summed E-state index contributed by atoms with van der Waals surface area (Å²) in [5.74, 6) is -0.0178. The first-order chi connectivity index (χ1) is 9.61. The lowest BCUT2D eigenvalue weighted by Crippen LogP contribution is -2.11. The van der Waals surface area contributed by atoms with Gasteiger partial charge in [0, 0.05) is 12.1 Å². The summed E-state index contributed by atoms with van der Waals surface area (Å²) in [5.41, 5.74) is 6.20. The van der Waals surface area contributed by atoms with E-state index in [0.717, 1.165) is 0 Å². The van der Waals surface area contributed by atoms with E-state index in [2.05, 4.69) is 4.74 Å². The van der Waals surface area contributed by atoms with Crippen LogP contribution in [0.1, 0.15) is 19.3 Å². The Balaban J connectivity index is 2.08. The summed E-state index contributed by atoms with van der Waals surface area (Å²) in [7, 11) is 1.32. The topological polar surface area (TPSA) is 87.8 Å². The van der Waals surface area contributed by atoms with Crippen molar-refractivity contribution in [2.24, 2.45) is 0 Å². The van der Waals surface area contributed by atoms with Crippen LogP contribution in [0.5, 0.6) is 5.75 Å². The van der Waals surface area contributed by atoms with Gasteiger partial charge in [-0.05, 0) is 30.7 Å². The number of methoxy groups -OCH3 is 1. The molecular weight excluding hydrogens is 262 g/mol. The normalized spacial score (nSPS) is 9.85. The monoisotopic (exact) mass is 281 g/mol. The van der Waals surface area contributed by atoms with Gasteiger partial charge in [0.15, 0.2) is 0 Å². The minimum Gasteiger partial charge on any atom is -0.493 e. The van der Waals surface area contributed by atoms with Crippen molar-refractivity contribution in [1.82, 2.24) is 0 Å². The van der Waals surface area contributed by atoms with E-state index in [1.165, 1.54) is 7.11 Å². The van der Waals surface area contributed by atoms with Gasteiger partial charge in [-0.3, -0.25) is 9.59 Å². The predicted octanol–water partition coefficient (Wildman–Crippen LogP) is 1.53. The van der Waals surface area contributed by atoms with Crippen molar-refractivity contribution < 1.29 is 23.8 Å². The molecule has 0 saturated heterocycles. The maximum Gasteiger partial charge on any atom is 0.309 e. The fourth-order valence-corrected chi connectivity index (χ4v) is 1.39. The van der Waals surface area contributed by atoms with Crippen LogP contribution >= 0.6 is 0 Å². The average Bonchev–Trinajstić information content (AvgIpc) is 2.45. The molecule has 0 aliphatic carbocycles. The first-order valence-electron chi connectivity index (χ1n) is 6.32. The Bertz CT molecular complexity index is 430. The van der Waals surface area contributed by atoms with Gasteiger partial charge in [-0.1, -0.05) is 0 Å². The largest absolute Gasteiger partial charge is 0.493 e. The zero-order chi connectivity index (χ0) is 14.8. The maximum absolute atomic E-state index is 11.4. The molecule has 0 fully saturated rings. The highest BCUT2D eigenvalue weighted by molar-refractivity contribution is 5.70. The van der Waals surface area contributed by atoms with Gasteiger partial charge >= 0.3 is 11.9 Å². The lowest BCUT2D eigenvalue weighted by molar-refractivity contribution is -0.146. The number of hydrogen-bond donors (Lipinski definition) is 1. The van der Waals surface area contributed by atoms with E-state index in [1.807, 2.05) is 0 Å². The van der Waals surface area contributed by atoms with Crippen molar-refractivity contribution in [1.29, 1.82) is 0 Å². The molecule has 0 amide bonds. The number of nitrogen functional groups attached to an aromatic ring is 1. The molecule has 0 spiro atoms. The smallest absolute Gasteiger partial charge is 0.309 e. The van der Waals surface area contributed by atoms with Crippen LogP contribution in [0.3, 0.4) is 0 Å². The Kier molecular flexibility index (Phi) is 6.95. The van der Waals surface area contributed by atoms with E-state index in [1.54, 1.807) is 24.3 Å². The van der Waals surface area contributed by atoms with E-state index in [-0.39, 0.29) is 38.0 Å². The molecule has 0 atom stereocenters. The molecule has 110 valence electrons. The summed E-state index contributed by atoms with van der Waals surface area (Å²) in [6.45, 7) is 0.440. The first kappa shape index (κ1) is 15.8. The van der Waals surface area contributed by atoms with Gasteiger partial charge < -0.3 is 19.9 Å². The molecule has 1 aromatic carbocycles. The number of carbonyl (C=O) groups excluding carboxylic acids is 2. The van der Waals surface area contributed by atoms with Crippen molar-refractivity contribution in [3.8, 4) is 5.75 Å². The molecule has 0 aliphatic rings. The highest BCUT2D eigenvalue weighted by Crippen LogP contribution is 2.13. The van der Waals surface area contributed by atoms with E-state index < -0.39 is 0 Å². The minimum atomic E-state index is -0.356. The Morgan fingerprint density at radius 1 is 1.05 bits per heavy atom. The summed E-state index contributed by atoms with van der Waals surface area (Å²) in [4.78, 5) is 22.2. The molecule has 0 unspecified atom stereocenters. The number of benzene rings is 1. The van der Waals surface area contributed by atoms with Crippen molar-refractivity contribution in [2.45, 2.75) is 19.3 Å². The molecule has 0 radical (unpaired) electrons. The number of nitrogens with two attached hydrogens (primary N) is 1. The fourth-order valence-electron chi connectivity index (χ4n) is 1.39. The molecule has 1 aromatic rings. The summed E-state index contributed by atoms with van der Waals surface area (Å²) >= 11 is 0. The third-order valence-electron chi connectivity index (χ3n) is 2.47. The molecule has 1 rings (SSSR count). The van der Waals surface area contributed by atoms with Crippen LogP contribution in [-0.2, 0) is 19.1 Å². The predicted molar refractivity (Wildman–Crippen MR) is 73.2 cm³/mol. The van der Waals surface area contributed by atoms with Crippen molar-refractivity contribution >= 4 is 17.6 Å². The van der Waals surface area contributed by atoms with Gasteiger partial charge in [0.1, 0.15) is 5.75 Å². The number of carbonyl (C=O) groups is 2. The van der Waals surface area contributed by atoms with Crippen molar-refractivity contribution in [3.63, 3.8) is 0 Å². The van der Waals surface area contributed by atoms with E-state index in [0.29, 0.717) is 17.9 Å². The van der Waals surface area contributed by atoms with E-state index in [9.17, 15) is 9.59 Å². The van der Waals surface area contributed by atoms with Gasteiger partial charge in [0.2, 0.25) is 0 Å². The SMILES string of the molecule is COC(=O)CCCOC(=O)CCOc1ccc(N)cc1. The van der Waals surface area contributed by atoms with Crippen LogP contribution in [0.15, 0.2) is 24.3 Å². The zero-order valence-corrected chi connectivity index (χ0v) is 11.5. The number of hydrogen-bond acceptors (Lipinski definition) is 6. The number of anilines is 1. The van der Waals surface area contributed by atoms with Crippen LogP contribution in [-0.4, -0.2) is 32.3 Å². The molecular formula is C14H19NO5. The number of rotatable bonds is 8. The summed E-state index contributed by atoms with van der Waals surface area (Å²) in [5, 5.41) is 0. The molecule has 0 aliphatic heterocycles. The van der Waals surface area contributed by atoms with Crippen LogP contribution in [0.2, 0.25) is 0 Å². The second-order valence-corrected chi connectivity index (χ2v) is 4.07. The molecule has 6 heteroatoms. The van der Waals surface area contributed by atoms with E-state index in [4.69, 9.17) is 15.2 Å². The zero-order valence-electron chi connectivity index (χ0n) is 11.5. The number of ether oxygens (including phenoxy) is 3. The standard InChI is InChI=1S/C14H19NO5/c1-18-13(16)3-2-9-20-14(17)8-10-19-12-6-4-11(15)5-7-12/h4-7H,2-3,8-10,15H2,1H3. The number of esters is 2. The average molecular weight is 281 g/mol. The summed E-state index contributed by atoms with van der Waals surface area (Å²) in [6, 6.07) is 6.91. The Hall–Kier alpha value is -2.24. The van der Waals surface area contributed by atoms with Gasteiger partial charge in [-0.15, -0.1) is 0 Å². The molecule has 6 nitrogen and oxygen atoms in total. The highest BCUT2D eigenvalue weighted by atomic mass is 16.5. The maximum atomic E-state index is 11.4. The minimum absolute atomic E-state index is 0.155. The second-order valence-electron chi connectivity index (χ2n) is 4.07. The van der Waals surface area contributed by atoms with Gasteiger partial charge in [0.25, 0.3) is 0 Å². The highest BCUT2D eigenvalue weighted by Gasteiger charge is 2.05. The van der Waals surface area contributed by atoms with E-state index >= 15 is 0 Å². The lowest BCUT2D eigenvalue weighted by Gasteiger charge is -2.07. The van der Waals surface area contributed by atoms with Crippen LogP contribution < -0.4 is 10.5 Å². The second kappa shape index (κ2) is 8.79. The fraction of sp³-hybridized carbons (Fsp3) is 0.429. The third kappa shape index (κ3) is 6.63. The molecule has 20 heavy (non-hydrogen) atoms. The molecule has 0 saturated carbocycles. The van der Waals surface area contributed by atoms with Crippen LogP contribution in [0.4, 0.5) is 5.69 Å². The quantitative estimate of drug-likeness (QED) is 0.442. The van der Waals surface area contributed by atoms with Gasteiger partial charge in [0.05, 0.1) is 26.7 Å². The van der Waals surface area contributed by atoms with Gasteiger partial charge in [-0.2, -0.15) is 0 Å².